The fourth-order valence-corrected chi connectivity index (χ4v) is 5.20. The molecule has 0 fully saturated rings. The predicted molar refractivity (Wildman–Crippen MR) is 137 cm³/mol. The van der Waals surface area contributed by atoms with Gasteiger partial charge in [0, 0.05) is 23.2 Å². The van der Waals surface area contributed by atoms with Crippen molar-refractivity contribution >= 4 is 17.6 Å². The highest BCUT2D eigenvalue weighted by Gasteiger charge is 2.71. The minimum atomic E-state index is -5.30. The van der Waals surface area contributed by atoms with Crippen molar-refractivity contribution in [2.45, 2.75) is 64.9 Å². The van der Waals surface area contributed by atoms with Crippen molar-refractivity contribution in [3.05, 3.63) is 70.9 Å². The number of allylic oxidation sites excluding steroid dienone is 1. The van der Waals surface area contributed by atoms with Crippen molar-refractivity contribution < 1.29 is 37.0 Å². The Morgan fingerprint density at radius 1 is 1.05 bits per heavy atom. The minimum absolute atomic E-state index is 0.0366. The van der Waals surface area contributed by atoms with Crippen molar-refractivity contribution in [1.82, 2.24) is 10.2 Å². The number of benzene rings is 2. The number of methoxy groups -OCH3 is 1. The molecule has 10 heteroatoms. The molecule has 0 saturated heterocycles. The number of carbonyl (C=O) groups excluding carboxylic acids is 3. The van der Waals surface area contributed by atoms with E-state index in [0.29, 0.717) is 17.1 Å². The van der Waals surface area contributed by atoms with Gasteiger partial charge in [-0.05, 0) is 56.0 Å². The van der Waals surface area contributed by atoms with Crippen LogP contribution in [0.15, 0.2) is 59.8 Å². The molecule has 2 aliphatic rings. The normalized spacial score (nSPS) is 20.8. The third-order valence-corrected chi connectivity index (χ3v) is 6.85. The Morgan fingerprint density at radius 3 is 2.28 bits per heavy atom. The van der Waals surface area contributed by atoms with Gasteiger partial charge in [0.05, 0.1) is 25.3 Å². The standard InChI is InChI=1S/C29H31F3N2O5/c1-17(2)39-20-12-10-18(11-13-20)25(36)33-28(29(30,31)32)24-21(14-27(3,4)15-22(24)35)34(26(28)37)16-19-8-6-7-9-23(19)38-5/h6-13,17H,14-16H2,1-5H3,(H,33,36)/t28-/m0/s1. The van der Waals surface area contributed by atoms with E-state index in [-0.39, 0.29) is 36.8 Å². The number of ketones is 1. The summed E-state index contributed by atoms with van der Waals surface area (Å²) in [4.78, 5) is 41.4. The summed E-state index contributed by atoms with van der Waals surface area (Å²) in [5, 5.41) is 1.95. The third-order valence-electron chi connectivity index (χ3n) is 6.85. The molecule has 208 valence electrons. The zero-order chi connectivity index (χ0) is 28.8. The Bertz CT molecular complexity index is 1330. The molecule has 2 amide bonds. The van der Waals surface area contributed by atoms with Gasteiger partial charge in [-0.3, -0.25) is 14.4 Å². The molecule has 1 aliphatic carbocycles. The Balaban J connectivity index is 1.81. The number of carbonyl (C=O) groups is 3. The highest BCUT2D eigenvalue weighted by Crippen LogP contribution is 2.52. The van der Waals surface area contributed by atoms with Gasteiger partial charge in [0.1, 0.15) is 11.5 Å². The zero-order valence-corrected chi connectivity index (χ0v) is 22.4. The van der Waals surface area contributed by atoms with Gasteiger partial charge in [0.15, 0.2) is 5.78 Å². The number of nitrogens with one attached hydrogen (secondary N) is 1. The average molecular weight is 545 g/mol. The second-order valence-corrected chi connectivity index (χ2v) is 10.9. The molecule has 1 heterocycles. The molecule has 2 aromatic carbocycles. The maximum Gasteiger partial charge on any atom is 0.425 e. The van der Waals surface area contributed by atoms with E-state index in [1.165, 1.54) is 31.4 Å². The lowest BCUT2D eigenvalue weighted by Crippen LogP contribution is -2.66. The lowest BCUT2D eigenvalue weighted by molar-refractivity contribution is -0.190. The molecule has 7 nitrogen and oxygen atoms in total. The van der Waals surface area contributed by atoms with E-state index in [1.54, 1.807) is 38.1 Å². The predicted octanol–water partition coefficient (Wildman–Crippen LogP) is 5.20. The molecule has 1 aliphatic heterocycles. The first-order valence-corrected chi connectivity index (χ1v) is 12.6. The lowest BCUT2D eigenvalue weighted by Gasteiger charge is -2.35. The number of Topliss-reactive ketones (excluding diaryl/α,β-unsaturated/α-hetero) is 1. The number of halogens is 3. The monoisotopic (exact) mass is 544 g/mol. The second-order valence-electron chi connectivity index (χ2n) is 10.9. The summed E-state index contributed by atoms with van der Waals surface area (Å²) >= 11 is 0. The maximum absolute atomic E-state index is 15.1. The van der Waals surface area contributed by atoms with Gasteiger partial charge in [-0.15, -0.1) is 0 Å². The van der Waals surface area contributed by atoms with Crippen LogP contribution >= 0.6 is 0 Å². The lowest BCUT2D eigenvalue weighted by atomic mass is 9.72. The van der Waals surface area contributed by atoms with Crippen LogP contribution in [0.1, 0.15) is 56.5 Å². The molecular formula is C29H31F3N2O5. The van der Waals surface area contributed by atoms with E-state index in [9.17, 15) is 14.4 Å². The van der Waals surface area contributed by atoms with E-state index in [2.05, 4.69) is 0 Å². The number of ether oxygens (including phenoxy) is 2. The van der Waals surface area contributed by atoms with Gasteiger partial charge >= 0.3 is 6.18 Å². The van der Waals surface area contributed by atoms with E-state index in [1.807, 2.05) is 19.2 Å². The van der Waals surface area contributed by atoms with Crippen molar-refractivity contribution in [2.24, 2.45) is 5.41 Å². The van der Waals surface area contributed by atoms with Gasteiger partial charge in [-0.2, -0.15) is 13.2 Å². The molecule has 39 heavy (non-hydrogen) atoms. The highest BCUT2D eigenvalue weighted by molar-refractivity contribution is 6.14. The fourth-order valence-electron chi connectivity index (χ4n) is 5.20. The molecule has 1 atom stereocenters. The van der Waals surface area contributed by atoms with E-state index in [4.69, 9.17) is 9.47 Å². The molecule has 0 aromatic heterocycles. The number of rotatable bonds is 7. The van der Waals surface area contributed by atoms with Crippen molar-refractivity contribution in [2.75, 3.05) is 7.11 Å². The summed E-state index contributed by atoms with van der Waals surface area (Å²) < 4.78 is 56.0. The molecule has 0 radical (unpaired) electrons. The SMILES string of the molecule is COc1ccccc1CN1C(=O)[C@](NC(=O)c2ccc(OC(C)C)cc2)(C(F)(F)F)C2=C1CC(C)(C)CC2=O. The number of para-hydroxylation sites is 1. The summed E-state index contributed by atoms with van der Waals surface area (Å²) in [5.74, 6) is -2.58. The van der Waals surface area contributed by atoms with E-state index in [0.717, 1.165) is 4.90 Å². The van der Waals surface area contributed by atoms with Crippen LogP contribution in [0.3, 0.4) is 0 Å². The van der Waals surface area contributed by atoms with Crippen molar-refractivity contribution in [3.8, 4) is 11.5 Å². The summed E-state index contributed by atoms with van der Waals surface area (Å²) in [6, 6.07) is 12.2. The molecule has 2 aromatic rings. The van der Waals surface area contributed by atoms with Crippen LogP contribution in [0, 0.1) is 5.41 Å². The molecule has 0 unspecified atom stereocenters. The maximum atomic E-state index is 15.1. The van der Waals surface area contributed by atoms with Crippen LogP contribution in [0.25, 0.3) is 0 Å². The van der Waals surface area contributed by atoms with Gasteiger partial charge < -0.3 is 19.7 Å². The van der Waals surface area contributed by atoms with Gasteiger partial charge in [-0.1, -0.05) is 32.0 Å². The smallest absolute Gasteiger partial charge is 0.425 e. The third kappa shape index (κ3) is 5.12. The molecule has 0 bridgehead atoms. The number of amides is 2. The van der Waals surface area contributed by atoms with Crippen LogP contribution in [0.2, 0.25) is 0 Å². The van der Waals surface area contributed by atoms with Crippen LogP contribution < -0.4 is 14.8 Å². The summed E-state index contributed by atoms with van der Waals surface area (Å²) in [5.41, 5.74) is -4.62. The first-order chi connectivity index (χ1) is 18.2. The fraction of sp³-hybridized carbons (Fsp3) is 0.414. The first kappa shape index (κ1) is 28.2. The molecule has 0 saturated carbocycles. The van der Waals surface area contributed by atoms with Crippen LogP contribution in [0.5, 0.6) is 11.5 Å². The Hall–Kier alpha value is -3.82. The number of nitrogens with zero attached hydrogens (tertiary/aromatic N) is 1. The van der Waals surface area contributed by atoms with Crippen LogP contribution in [-0.4, -0.2) is 47.4 Å². The number of hydrogen-bond acceptors (Lipinski definition) is 5. The highest BCUT2D eigenvalue weighted by atomic mass is 19.4. The topological polar surface area (TPSA) is 84.9 Å². The molecule has 4 rings (SSSR count). The van der Waals surface area contributed by atoms with Crippen LogP contribution in [0.4, 0.5) is 13.2 Å². The minimum Gasteiger partial charge on any atom is -0.496 e. The van der Waals surface area contributed by atoms with Gasteiger partial charge in [-0.25, -0.2) is 0 Å². The van der Waals surface area contributed by atoms with Gasteiger partial charge in [0.2, 0.25) is 5.54 Å². The second kappa shape index (κ2) is 10.1. The number of hydrogen-bond donors (Lipinski definition) is 1. The first-order valence-electron chi connectivity index (χ1n) is 12.6. The Labute approximate surface area is 225 Å². The zero-order valence-electron chi connectivity index (χ0n) is 22.4. The summed E-state index contributed by atoms with van der Waals surface area (Å²) in [6.45, 7) is 6.87. The number of alkyl halides is 3. The largest absolute Gasteiger partial charge is 0.496 e. The van der Waals surface area contributed by atoms with Gasteiger partial charge in [0.25, 0.3) is 11.8 Å². The van der Waals surface area contributed by atoms with Crippen LogP contribution in [-0.2, 0) is 16.1 Å². The van der Waals surface area contributed by atoms with E-state index >= 15 is 13.2 Å². The molecular weight excluding hydrogens is 513 g/mol. The van der Waals surface area contributed by atoms with Crippen molar-refractivity contribution in [3.63, 3.8) is 0 Å². The average Bonchev–Trinajstić information content (AvgIpc) is 3.07. The van der Waals surface area contributed by atoms with Crippen molar-refractivity contribution in [1.29, 1.82) is 0 Å². The Morgan fingerprint density at radius 2 is 1.69 bits per heavy atom. The Kier molecular flexibility index (Phi) is 7.27. The molecule has 1 N–H and O–H groups in total. The van der Waals surface area contributed by atoms with E-state index < -0.39 is 40.3 Å². The molecule has 0 spiro atoms. The summed E-state index contributed by atoms with van der Waals surface area (Å²) in [6.07, 6.45) is -5.59. The quantitative estimate of drug-likeness (QED) is 0.518. The summed E-state index contributed by atoms with van der Waals surface area (Å²) in [7, 11) is 1.42.